The van der Waals surface area contributed by atoms with E-state index in [1.807, 2.05) is 0 Å². The molecule has 1 amide bonds. The molecule has 154 valence electrons. The van der Waals surface area contributed by atoms with Crippen LogP contribution >= 0.6 is 12.4 Å². The standard InChI is InChI=1S/C16H20F2N6O3.ClH/c1-23(15(25)13-7-16(17,18)9-19-13)8-14-20-21-22-24(14)10-4-11(26-2)6-12(5-10)27-3;/h4-6,13,19H,7-9H2,1-3H3;1H. The monoisotopic (exact) mass is 418 g/mol. The Kier molecular flexibility index (Phi) is 6.73. The van der Waals surface area contributed by atoms with Gasteiger partial charge in [-0.3, -0.25) is 10.1 Å². The van der Waals surface area contributed by atoms with Crippen molar-refractivity contribution in [1.82, 2.24) is 30.4 Å². The van der Waals surface area contributed by atoms with E-state index < -0.39 is 30.8 Å². The second-order valence-corrected chi connectivity index (χ2v) is 6.27. The fourth-order valence-electron chi connectivity index (χ4n) is 2.87. The summed E-state index contributed by atoms with van der Waals surface area (Å²) in [5.74, 6) is -1.85. The normalized spacial score (nSPS) is 17.7. The van der Waals surface area contributed by atoms with Crippen LogP contribution in [0.25, 0.3) is 5.69 Å². The van der Waals surface area contributed by atoms with Crippen LogP contribution in [0.5, 0.6) is 11.5 Å². The lowest BCUT2D eigenvalue weighted by Crippen LogP contribution is -2.41. The van der Waals surface area contributed by atoms with Crippen molar-refractivity contribution in [3.05, 3.63) is 24.0 Å². The fourth-order valence-corrected chi connectivity index (χ4v) is 2.87. The summed E-state index contributed by atoms with van der Waals surface area (Å²) in [6, 6.07) is 4.20. The Bertz CT molecular complexity index is 812. The maximum absolute atomic E-state index is 13.3. The molecule has 9 nitrogen and oxygen atoms in total. The van der Waals surface area contributed by atoms with Crippen molar-refractivity contribution >= 4 is 18.3 Å². The van der Waals surface area contributed by atoms with Crippen molar-refractivity contribution in [1.29, 1.82) is 0 Å². The number of ether oxygens (including phenoxy) is 2. The van der Waals surface area contributed by atoms with E-state index >= 15 is 0 Å². The molecular weight excluding hydrogens is 398 g/mol. The summed E-state index contributed by atoms with van der Waals surface area (Å²) in [4.78, 5) is 13.7. The topological polar surface area (TPSA) is 94.4 Å². The maximum Gasteiger partial charge on any atom is 0.262 e. The Labute approximate surface area is 166 Å². The van der Waals surface area contributed by atoms with Gasteiger partial charge >= 0.3 is 0 Å². The molecule has 12 heteroatoms. The average Bonchev–Trinajstić information content (AvgIpc) is 3.26. The number of carbonyl (C=O) groups excluding carboxylic acids is 1. The van der Waals surface area contributed by atoms with Crippen LogP contribution in [0.1, 0.15) is 12.2 Å². The molecule has 0 radical (unpaired) electrons. The molecule has 0 bridgehead atoms. The van der Waals surface area contributed by atoms with E-state index in [0.717, 1.165) is 0 Å². The van der Waals surface area contributed by atoms with Crippen molar-refractivity contribution in [2.45, 2.75) is 24.9 Å². The summed E-state index contributed by atoms with van der Waals surface area (Å²) in [5, 5.41) is 14.1. The van der Waals surface area contributed by atoms with Crippen LogP contribution in [-0.2, 0) is 11.3 Å². The molecule has 0 saturated carbocycles. The Morgan fingerprint density at radius 1 is 1.32 bits per heavy atom. The fraction of sp³-hybridized carbons (Fsp3) is 0.500. The van der Waals surface area contributed by atoms with Crippen LogP contribution in [0.3, 0.4) is 0 Å². The molecule has 3 rings (SSSR count). The number of nitrogens with zero attached hydrogens (tertiary/aromatic N) is 5. The quantitative estimate of drug-likeness (QED) is 0.749. The Morgan fingerprint density at radius 2 is 1.96 bits per heavy atom. The Hall–Kier alpha value is -2.53. The number of tetrazole rings is 1. The summed E-state index contributed by atoms with van der Waals surface area (Å²) >= 11 is 0. The first-order chi connectivity index (χ1) is 12.8. The van der Waals surface area contributed by atoms with Gasteiger partial charge < -0.3 is 14.4 Å². The van der Waals surface area contributed by atoms with Gasteiger partial charge in [-0.15, -0.1) is 17.5 Å². The second kappa shape index (κ2) is 8.65. The van der Waals surface area contributed by atoms with Crippen molar-refractivity contribution in [3.8, 4) is 17.2 Å². The lowest BCUT2D eigenvalue weighted by molar-refractivity contribution is -0.133. The number of hydrogen-bond acceptors (Lipinski definition) is 7. The number of amides is 1. The van der Waals surface area contributed by atoms with Crippen LogP contribution in [-0.4, -0.2) is 70.8 Å². The third-order valence-electron chi connectivity index (χ3n) is 4.28. The first kappa shape index (κ1) is 21.8. The van der Waals surface area contributed by atoms with E-state index in [4.69, 9.17) is 9.47 Å². The van der Waals surface area contributed by atoms with Crippen LogP contribution in [0, 0.1) is 0 Å². The molecule has 1 atom stereocenters. The number of benzene rings is 1. The van der Waals surface area contributed by atoms with Crippen molar-refractivity contribution in [2.24, 2.45) is 0 Å². The summed E-state index contributed by atoms with van der Waals surface area (Å²) in [6.07, 6.45) is -0.520. The lowest BCUT2D eigenvalue weighted by atomic mass is 10.1. The van der Waals surface area contributed by atoms with Gasteiger partial charge in [0.25, 0.3) is 5.92 Å². The molecule has 1 N–H and O–H groups in total. The molecule has 0 aliphatic carbocycles. The largest absolute Gasteiger partial charge is 0.497 e. The predicted octanol–water partition coefficient (Wildman–Crippen LogP) is 1.06. The van der Waals surface area contributed by atoms with Crippen molar-refractivity contribution < 1.29 is 23.0 Å². The number of aromatic nitrogens is 4. The van der Waals surface area contributed by atoms with Gasteiger partial charge in [-0.25, -0.2) is 8.78 Å². The highest BCUT2D eigenvalue weighted by Gasteiger charge is 2.43. The number of alkyl halides is 2. The summed E-state index contributed by atoms with van der Waals surface area (Å²) in [6.45, 7) is -0.451. The number of rotatable bonds is 6. The van der Waals surface area contributed by atoms with Gasteiger partial charge in [0.1, 0.15) is 11.5 Å². The summed E-state index contributed by atoms with van der Waals surface area (Å²) in [5.41, 5.74) is 0.581. The lowest BCUT2D eigenvalue weighted by Gasteiger charge is -2.20. The second-order valence-electron chi connectivity index (χ2n) is 6.27. The van der Waals surface area contributed by atoms with Gasteiger partial charge in [-0.05, 0) is 10.4 Å². The molecule has 1 aromatic heterocycles. The third kappa shape index (κ3) is 4.65. The number of likely N-dealkylation sites (N-methyl/N-ethyl adjacent to an activating group) is 1. The number of halogens is 3. The van der Waals surface area contributed by atoms with Gasteiger partial charge in [-0.1, -0.05) is 0 Å². The van der Waals surface area contributed by atoms with Gasteiger partial charge in [0.15, 0.2) is 5.82 Å². The van der Waals surface area contributed by atoms with E-state index in [2.05, 4.69) is 20.8 Å². The molecule has 0 spiro atoms. The Morgan fingerprint density at radius 3 is 2.50 bits per heavy atom. The SMILES string of the molecule is COc1cc(OC)cc(-n2nnnc2CN(C)C(=O)C2CC(F)(F)CN2)c1.Cl. The van der Waals surface area contributed by atoms with Crippen LogP contribution in [0.15, 0.2) is 18.2 Å². The zero-order valence-electron chi connectivity index (χ0n) is 15.6. The van der Waals surface area contributed by atoms with E-state index in [-0.39, 0.29) is 19.0 Å². The first-order valence-electron chi connectivity index (χ1n) is 8.20. The first-order valence-corrected chi connectivity index (χ1v) is 8.20. The van der Waals surface area contributed by atoms with Gasteiger partial charge in [-0.2, -0.15) is 4.68 Å². The number of nitrogens with one attached hydrogen (secondary N) is 1. The highest BCUT2D eigenvalue weighted by atomic mass is 35.5. The highest BCUT2D eigenvalue weighted by molar-refractivity contribution is 5.85. The smallest absolute Gasteiger partial charge is 0.262 e. The van der Waals surface area contributed by atoms with Gasteiger partial charge in [0, 0.05) is 31.7 Å². The van der Waals surface area contributed by atoms with Crippen molar-refractivity contribution in [2.75, 3.05) is 27.8 Å². The van der Waals surface area contributed by atoms with E-state index in [9.17, 15) is 13.6 Å². The Balaban J connectivity index is 0.00000280. The van der Waals surface area contributed by atoms with E-state index in [1.54, 1.807) is 18.2 Å². The minimum atomic E-state index is -2.88. The van der Waals surface area contributed by atoms with E-state index in [0.29, 0.717) is 23.0 Å². The minimum Gasteiger partial charge on any atom is -0.497 e. The van der Waals surface area contributed by atoms with Crippen LogP contribution in [0.4, 0.5) is 8.78 Å². The number of carbonyl (C=O) groups is 1. The van der Waals surface area contributed by atoms with E-state index in [1.165, 1.54) is 30.8 Å². The molecule has 1 fully saturated rings. The van der Waals surface area contributed by atoms with Gasteiger partial charge in [0.05, 0.1) is 39.0 Å². The zero-order valence-corrected chi connectivity index (χ0v) is 16.4. The maximum atomic E-state index is 13.3. The average molecular weight is 419 g/mol. The minimum absolute atomic E-state index is 0. The number of hydrogen-bond donors (Lipinski definition) is 1. The molecule has 1 unspecified atom stereocenters. The highest BCUT2D eigenvalue weighted by Crippen LogP contribution is 2.27. The zero-order chi connectivity index (χ0) is 19.6. The summed E-state index contributed by atoms with van der Waals surface area (Å²) in [7, 11) is 4.57. The molecule has 2 aromatic rings. The van der Waals surface area contributed by atoms with Crippen LogP contribution in [0.2, 0.25) is 0 Å². The molecule has 2 heterocycles. The molecule has 1 aromatic carbocycles. The van der Waals surface area contributed by atoms with Crippen molar-refractivity contribution in [3.63, 3.8) is 0 Å². The van der Waals surface area contributed by atoms with Crippen LogP contribution < -0.4 is 14.8 Å². The molecule has 1 saturated heterocycles. The number of methoxy groups -OCH3 is 2. The predicted molar refractivity (Wildman–Crippen MR) is 97.3 cm³/mol. The summed E-state index contributed by atoms with van der Waals surface area (Å²) < 4.78 is 38.6. The van der Waals surface area contributed by atoms with Gasteiger partial charge in [0.2, 0.25) is 5.91 Å². The molecule has 1 aliphatic heterocycles. The third-order valence-corrected chi connectivity index (χ3v) is 4.28. The molecule has 1 aliphatic rings. The molecule has 28 heavy (non-hydrogen) atoms. The molecular formula is C16H21ClF2N6O3.